The third-order valence-electron chi connectivity index (χ3n) is 1.77. The molecular weight excluding hydrogens is 282 g/mol. The van der Waals surface area contributed by atoms with Crippen molar-refractivity contribution in [3.8, 4) is 0 Å². The van der Waals surface area contributed by atoms with Crippen LogP contribution < -0.4 is 5.43 Å². The van der Waals surface area contributed by atoms with E-state index in [1.807, 2.05) is 5.43 Å². The number of halogens is 3. The summed E-state index contributed by atoms with van der Waals surface area (Å²) >= 11 is 2.13. The Morgan fingerprint density at radius 2 is 1.94 bits per heavy atom. The van der Waals surface area contributed by atoms with Gasteiger partial charge in [0, 0.05) is 5.56 Å². The molecular formula is C10H9BrF2N2O. The topological polar surface area (TPSA) is 41.5 Å². The van der Waals surface area contributed by atoms with E-state index in [0.29, 0.717) is 5.56 Å². The van der Waals surface area contributed by atoms with Crippen molar-refractivity contribution in [2.45, 2.75) is 11.8 Å². The number of hydrogen-bond donors (Lipinski definition) is 1. The van der Waals surface area contributed by atoms with Crippen molar-refractivity contribution in [3.05, 3.63) is 35.9 Å². The number of nitrogens with zero attached hydrogens (tertiary/aromatic N) is 1. The molecule has 0 radical (unpaired) electrons. The molecule has 0 aromatic heterocycles. The number of hydrazone groups is 1. The molecule has 1 aromatic rings. The van der Waals surface area contributed by atoms with Gasteiger partial charge < -0.3 is 0 Å². The van der Waals surface area contributed by atoms with Gasteiger partial charge in [-0.2, -0.15) is 13.9 Å². The summed E-state index contributed by atoms with van der Waals surface area (Å²) in [6.45, 7) is 1.11. The highest BCUT2D eigenvalue weighted by Gasteiger charge is 2.28. The molecule has 0 aliphatic rings. The zero-order chi connectivity index (χ0) is 12.2. The Morgan fingerprint density at radius 1 is 1.38 bits per heavy atom. The molecule has 0 aliphatic carbocycles. The molecule has 1 aromatic carbocycles. The van der Waals surface area contributed by atoms with E-state index in [-0.39, 0.29) is 0 Å². The number of alkyl halides is 3. The van der Waals surface area contributed by atoms with Crippen molar-refractivity contribution in [3.63, 3.8) is 0 Å². The fraction of sp³-hybridized carbons (Fsp3) is 0.200. The van der Waals surface area contributed by atoms with Gasteiger partial charge in [-0.15, -0.1) is 0 Å². The molecule has 1 amide bonds. The first-order valence-corrected chi connectivity index (χ1v) is 5.17. The second kappa shape index (κ2) is 5.16. The molecule has 16 heavy (non-hydrogen) atoms. The van der Waals surface area contributed by atoms with Crippen LogP contribution >= 0.6 is 15.9 Å². The van der Waals surface area contributed by atoms with E-state index < -0.39 is 16.5 Å². The maximum atomic E-state index is 12.6. The molecule has 1 N–H and O–H groups in total. The van der Waals surface area contributed by atoms with Crippen LogP contribution in [0.3, 0.4) is 0 Å². The van der Waals surface area contributed by atoms with Crippen molar-refractivity contribution >= 4 is 27.5 Å². The van der Waals surface area contributed by atoms with Crippen LogP contribution in [0.5, 0.6) is 0 Å². The smallest absolute Gasteiger partial charge is 0.267 e. The first kappa shape index (κ1) is 12.8. The van der Waals surface area contributed by atoms with Gasteiger partial charge in [-0.25, -0.2) is 5.43 Å². The summed E-state index contributed by atoms with van der Waals surface area (Å²) in [5.74, 6) is -0.531. The molecule has 3 nitrogen and oxygen atoms in total. The summed E-state index contributed by atoms with van der Waals surface area (Å²) in [6, 6.07) is 8.21. The number of nitrogens with one attached hydrogen (secondary N) is 1. The highest BCUT2D eigenvalue weighted by Crippen LogP contribution is 2.22. The lowest BCUT2D eigenvalue weighted by molar-refractivity contribution is 0.0953. The van der Waals surface area contributed by atoms with E-state index in [1.54, 1.807) is 30.3 Å². The van der Waals surface area contributed by atoms with Crippen molar-refractivity contribution in [2.24, 2.45) is 5.10 Å². The summed E-state index contributed by atoms with van der Waals surface area (Å²) in [6.07, 6.45) is 0. The number of amides is 1. The predicted molar refractivity (Wildman–Crippen MR) is 60.9 cm³/mol. The SMILES string of the molecule is C/C(=N\NC(=O)c1ccccc1)C(F)(F)Br. The average molecular weight is 291 g/mol. The number of benzene rings is 1. The van der Waals surface area contributed by atoms with Gasteiger partial charge in [-0.05, 0) is 35.0 Å². The number of carbonyl (C=O) groups excluding carboxylic acids is 1. The number of rotatable bonds is 3. The zero-order valence-electron chi connectivity index (χ0n) is 8.38. The lowest BCUT2D eigenvalue weighted by Crippen LogP contribution is -2.24. The molecule has 0 spiro atoms. The van der Waals surface area contributed by atoms with Gasteiger partial charge in [-0.3, -0.25) is 4.79 Å². The van der Waals surface area contributed by atoms with Crippen LogP contribution in [0.1, 0.15) is 17.3 Å². The average Bonchev–Trinajstić information content (AvgIpc) is 2.25. The van der Waals surface area contributed by atoms with Crippen LogP contribution in [0.4, 0.5) is 8.78 Å². The van der Waals surface area contributed by atoms with Crippen molar-refractivity contribution in [1.29, 1.82) is 0 Å². The minimum absolute atomic E-state index is 0.358. The lowest BCUT2D eigenvalue weighted by atomic mass is 10.2. The molecule has 6 heteroatoms. The van der Waals surface area contributed by atoms with E-state index in [2.05, 4.69) is 21.0 Å². The molecule has 0 aliphatic heterocycles. The minimum atomic E-state index is -3.21. The third-order valence-corrected chi connectivity index (χ3v) is 2.35. The Kier molecular flexibility index (Phi) is 4.12. The maximum absolute atomic E-state index is 12.6. The van der Waals surface area contributed by atoms with Crippen molar-refractivity contribution in [2.75, 3.05) is 0 Å². The van der Waals surface area contributed by atoms with Gasteiger partial charge in [0.05, 0.1) is 0 Å². The third kappa shape index (κ3) is 3.69. The van der Waals surface area contributed by atoms with Crippen LogP contribution in [-0.2, 0) is 0 Å². The predicted octanol–water partition coefficient (Wildman–Crippen LogP) is 2.78. The molecule has 86 valence electrons. The Morgan fingerprint density at radius 3 is 2.44 bits per heavy atom. The van der Waals surface area contributed by atoms with Crippen molar-refractivity contribution < 1.29 is 13.6 Å². The summed E-state index contributed by atoms with van der Waals surface area (Å²) in [4.78, 5) is 8.19. The van der Waals surface area contributed by atoms with E-state index in [9.17, 15) is 13.6 Å². The molecule has 0 saturated heterocycles. The Labute approximate surface area is 99.7 Å². The Hall–Kier alpha value is -1.30. The zero-order valence-corrected chi connectivity index (χ0v) is 9.96. The Balaban J connectivity index is 2.67. The maximum Gasteiger partial charge on any atom is 0.340 e. The summed E-state index contributed by atoms with van der Waals surface area (Å²) in [7, 11) is 0. The van der Waals surface area contributed by atoms with Crippen LogP contribution in [0, 0.1) is 0 Å². The van der Waals surface area contributed by atoms with Gasteiger partial charge in [0.2, 0.25) is 0 Å². The van der Waals surface area contributed by atoms with E-state index >= 15 is 0 Å². The van der Waals surface area contributed by atoms with Crippen LogP contribution in [0.2, 0.25) is 0 Å². The van der Waals surface area contributed by atoms with Crippen LogP contribution in [0.25, 0.3) is 0 Å². The monoisotopic (exact) mass is 290 g/mol. The van der Waals surface area contributed by atoms with Crippen LogP contribution in [0.15, 0.2) is 35.4 Å². The van der Waals surface area contributed by atoms with Gasteiger partial charge >= 0.3 is 4.83 Å². The number of carbonyl (C=O) groups is 1. The van der Waals surface area contributed by atoms with Gasteiger partial charge in [-0.1, -0.05) is 18.2 Å². The number of hydrogen-bond acceptors (Lipinski definition) is 2. The largest absolute Gasteiger partial charge is 0.340 e. The van der Waals surface area contributed by atoms with E-state index in [4.69, 9.17) is 0 Å². The van der Waals surface area contributed by atoms with Gasteiger partial charge in [0.15, 0.2) is 0 Å². The highest BCUT2D eigenvalue weighted by molar-refractivity contribution is 9.10. The highest BCUT2D eigenvalue weighted by atomic mass is 79.9. The molecule has 0 unspecified atom stereocenters. The molecule has 0 fully saturated rings. The second-order valence-electron chi connectivity index (χ2n) is 3.00. The van der Waals surface area contributed by atoms with Crippen LogP contribution in [-0.4, -0.2) is 16.5 Å². The fourth-order valence-corrected chi connectivity index (χ4v) is 0.941. The van der Waals surface area contributed by atoms with Crippen molar-refractivity contribution in [1.82, 2.24) is 5.43 Å². The van der Waals surface area contributed by atoms with E-state index in [1.165, 1.54) is 0 Å². The van der Waals surface area contributed by atoms with Gasteiger partial charge in [0.25, 0.3) is 5.91 Å². The summed E-state index contributed by atoms with van der Waals surface area (Å²) in [5, 5.41) is 3.29. The first-order chi connectivity index (χ1) is 7.41. The normalized spacial score (nSPS) is 12.4. The Bertz CT molecular complexity index is 401. The molecule has 0 saturated carbocycles. The fourth-order valence-electron chi connectivity index (χ4n) is 0.852. The quantitative estimate of drug-likeness (QED) is 0.519. The van der Waals surface area contributed by atoms with E-state index in [0.717, 1.165) is 6.92 Å². The first-order valence-electron chi connectivity index (χ1n) is 4.38. The second-order valence-corrected chi connectivity index (χ2v) is 4.00. The lowest BCUT2D eigenvalue weighted by Gasteiger charge is -2.07. The molecule has 0 bridgehead atoms. The molecule has 0 atom stereocenters. The minimum Gasteiger partial charge on any atom is -0.267 e. The van der Waals surface area contributed by atoms with Gasteiger partial charge in [0.1, 0.15) is 5.71 Å². The summed E-state index contributed by atoms with van der Waals surface area (Å²) < 4.78 is 25.2. The summed E-state index contributed by atoms with van der Waals surface area (Å²) in [5.41, 5.74) is 1.89. The molecule has 0 heterocycles. The standard InChI is InChI=1S/C10H9BrF2N2O/c1-7(10(11,12)13)14-15-9(16)8-5-3-2-4-6-8/h2-6H,1H3,(H,15,16)/b14-7+. The molecule has 1 rings (SSSR count).